The molecule has 0 amide bonds. The zero-order valence-electron chi connectivity index (χ0n) is 12.5. The normalized spacial score (nSPS) is 11.2. The van der Waals surface area contributed by atoms with E-state index < -0.39 is 5.82 Å². The van der Waals surface area contributed by atoms with Crippen LogP contribution in [0.2, 0.25) is 5.15 Å². The van der Waals surface area contributed by atoms with Crippen molar-refractivity contribution in [1.82, 2.24) is 25.3 Å². The number of aryl methyl sites for hydroxylation is 2. The van der Waals surface area contributed by atoms with Gasteiger partial charge in [0.1, 0.15) is 22.8 Å². The van der Waals surface area contributed by atoms with Crippen LogP contribution in [0.4, 0.5) is 4.39 Å². The second kappa shape index (κ2) is 5.17. The molecule has 0 spiro atoms. The van der Waals surface area contributed by atoms with Crippen molar-refractivity contribution in [2.75, 3.05) is 0 Å². The molecular formula is C14H13ClFN5O. The van der Waals surface area contributed by atoms with Gasteiger partial charge in [-0.2, -0.15) is 5.10 Å². The van der Waals surface area contributed by atoms with Gasteiger partial charge < -0.3 is 4.52 Å². The van der Waals surface area contributed by atoms with Crippen molar-refractivity contribution in [2.24, 2.45) is 0 Å². The molecule has 3 heterocycles. The number of hydrogen-bond donors (Lipinski definition) is 1. The molecule has 3 aromatic heterocycles. The summed E-state index contributed by atoms with van der Waals surface area (Å²) in [5.41, 5.74) is 3.75. The van der Waals surface area contributed by atoms with Crippen molar-refractivity contribution < 1.29 is 8.91 Å². The van der Waals surface area contributed by atoms with Crippen molar-refractivity contribution >= 4 is 11.6 Å². The fraction of sp³-hybridized carbons (Fsp3) is 0.286. The molecule has 8 heteroatoms. The molecule has 1 N–H and O–H groups in total. The van der Waals surface area contributed by atoms with E-state index in [-0.39, 0.29) is 16.7 Å². The molecule has 3 rings (SSSR count). The summed E-state index contributed by atoms with van der Waals surface area (Å²) in [4.78, 5) is 8.08. The summed E-state index contributed by atoms with van der Waals surface area (Å²) in [7, 11) is 0. The summed E-state index contributed by atoms with van der Waals surface area (Å²) >= 11 is 5.79. The Kier molecular flexibility index (Phi) is 3.44. The van der Waals surface area contributed by atoms with Crippen LogP contribution in [-0.4, -0.2) is 25.3 Å². The number of nitrogens with zero attached hydrogens (tertiary/aromatic N) is 4. The highest BCUT2D eigenvalue weighted by atomic mass is 35.5. The largest absolute Gasteiger partial charge is 0.361 e. The number of aromatic amines is 1. The van der Waals surface area contributed by atoms with Gasteiger partial charge in [-0.15, -0.1) is 0 Å². The summed E-state index contributed by atoms with van der Waals surface area (Å²) in [6.07, 6.45) is 0. The molecule has 0 aliphatic rings. The lowest BCUT2D eigenvalue weighted by molar-refractivity contribution is 0.398. The third kappa shape index (κ3) is 2.18. The van der Waals surface area contributed by atoms with Gasteiger partial charge in [-0.3, -0.25) is 5.10 Å². The Morgan fingerprint density at radius 1 is 1.05 bits per heavy atom. The molecule has 6 nitrogen and oxygen atoms in total. The Labute approximate surface area is 130 Å². The van der Waals surface area contributed by atoms with E-state index >= 15 is 0 Å². The van der Waals surface area contributed by atoms with Crippen LogP contribution in [0.5, 0.6) is 0 Å². The second-order valence-corrected chi connectivity index (χ2v) is 5.38. The molecule has 0 saturated carbocycles. The van der Waals surface area contributed by atoms with Crippen molar-refractivity contribution in [3.05, 3.63) is 33.6 Å². The fourth-order valence-electron chi connectivity index (χ4n) is 2.12. The lowest BCUT2D eigenvalue weighted by atomic mass is 10.1. The highest BCUT2D eigenvalue weighted by Gasteiger charge is 2.21. The number of nitrogens with one attached hydrogen (secondary N) is 1. The molecule has 0 aliphatic heterocycles. The average Bonchev–Trinajstić information content (AvgIpc) is 3.00. The number of H-pyrrole nitrogens is 1. The number of hydrogen-bond acceptors (Lipinski definition) is 5. The maximum absolute atomic E-state index is 13.5. The minimum absolute atomic E-state index is 0.180. The van der Waals surface area contributed by atoms with E-state index in [1.807, 2.05) is 20.8 Å². The Balaban J connectivity index is 2.14. The van der Waals surface area contributed by atoms with Crippen molar-refractivity contribution in [3.8, 4) is 22.9 Å². The molecule has 3 aromatic rings. The van der Waals surface area contributed by atoms with Gasteiger partial charge in [-0.25, -0.2) is 14.4 Å². The number of rotatable bonds is 2. The molecule has 0 aromatic carbocycles. The van der Waals surface area contributed by atoms with Gasteiger partial charge in [0.15, 0.2) is 16.8 Å². The lowest BCUT2D eigenvalue weighted by Crippen LogP contribution is -1.98. The monoisotopic (exact) mass is 321 g/mol. The molecule has 0 fully saturated rings. The van der Waals surface area contributed by atoms with Crippen molar-refractivity contribution in [1.29, 1.82) is 0 Å². The van der Waals surface area contributed by atoms with E-state index in [4.69, 9.17) is 16.1 Å². The molecule has 0 saturated heterocycles. The van der Waals surface area contributed by atoms with Crippen molar-refractivity contribution in [3.63, 3.8) is 0 Å². The molecule has 0 aliphatic carbocycles. The first-order valence-corrected chi connectivity index (χ1v) is 6.96. The zero-order valence-corrected chi connectivity index (χ0v) is 13.2. The molecule has 0 atom stereocenters. The third-order valence-electron chi connectivity index (χ3n) is 3.59. The molecule has 114 valence electrons. The molecule has 0 radical (unpaired) electrons. The van der Waals surface area contributed by atoms with E-state index in [0.29, 0.717) is 17.1 Å². The Morgan fingerprint density at radius 3 is 2.36 bits per heavy atom. The summed E-state index contributed by atoms with van der Waals surface area (Å²) in [5, 5.41) is 10.9. The van der Waals surface area contributed by atoms with E-state index in [1.165, 1.54) is 6.92 Å². The predicted molar refractivity (Wildman–Crippen MR) is 79.0 cm³/mol. The second-order valence-electron chi connectivity index (χ2n) is 5.02. The number of halogens is 2. The van der Waals surface area contributed by atoms with Gasteiger partial charge in [0.2, 0.25) is 0 Å². The predicted octanol–water partition coefficient (Wildman–Crippen LogP) is 3.55. The van der Waals surface area contributed by atoms with E-state index in [0.717, 1.165) is 16.9 Å². The van der Waals surface area contributed by atoms with Crippen LogP contribution in [0.1, 0.15) is 22.6 Å². The summed E-state index contributed by atoms with van der Waals surface area (Å²) < 4.78 is 18.7. The highest BCUT2D eigenvalue weighted by molar-refractivity contribution is 6.29. The first-order valence-electron chi connectivity index (χ1n) is 6.58. The maximum atomic E-state index is 13.5. The van der Waals surface area contributed by atoms with Crippen LogP contribution in [0.15, 0.2) is 4.52 Å². The third-order valence-corrected chi connectivity index (χ3v) is 3.84. The van der Waals surface area contributed by atoms with Gasteiger partial charge >= 0.3 is 0 Å². The van der Waals surface area contributed by atoms with Gasteiger partial charge in [-0.1, -0.05) is 16.8 Å². The van der Waals surface area contributed by atoms with Crippen molar-refractivity contribution in [2.45, 2.75) is 27.7 Å². The van der Waals surface area contributed by atoms with Gasteiger partial charge in [0.25, 0.3) is 0 Å². The molecule has 0 bridgehead atoms. The molecular weight excluding hydrogens is 309 g/mol. The van der Waals surface area contributed by atoms with Crippen LogP contribution in [0.25, 0.3) is 22.9 Å². The summed E-state index contributed by atoms with van der Waals surface area (Å²) in [5.74, 6) is 0.402. The van der Waals surface area contributed by atoms with Crippen LogP contribution < -0.4 is 0 Å². The average molecular weight is 322 g/mol. The maximum Gasteiger partial charge on any atom is 0.181 e. The standard InChI is InChI=1S/C14H13ClFN5O/c1-5-8(4)22-21-11(5)10-6(2)12(20-19-10)14-17-7(3)9(16)13(15)18-14/h1-4H3,(H,19,20). The Bertz CT molecular complexity index is 847. The van der Waals surface area contributed by atoms with Crippen LogP contribution >= 0.6 is 11.6 Å². The van der Waals surface area contributed by atoms with E-state index in [1.54, 1.807) is 0 Å². The first-order chi connectivity index (χ1) is 10.4. The van der Waals surface area contributed by atoms with Crippen LogP contribution in [0.3, 0.4) is 0 Å². The SMILES string of the molecule is Cc1nc(-c2[nH]nc(-c3noc(C)c3C)c2C)nc(Cl)c1F. The van der Waals surface area contributed by atoms with Gasteiger partial charge in [0, 0.05) is 11.1 Å². The summed E-state index contributed by atoms with van der Waals surface area (Å²) in [6.45, 7) is 7.13. The van der Waals surface area contributed by atoms with Crippen LogP contribution in [0, 0.1) is 33.5 Å². The zero-order chi connectivity index (χ0) is 16.0. The topological polar surface area (TPSA) is 80.5 Å². The molecule has 22 heavy (non-hydrogen) atoms. The smallest absolute Gasteiger partial charge is 0.181 e. The fourth-order valence-corrected chi connectivity index (χ4v) is 2.34. The number of aromatic nitrogens is 5. The molecule has 0 unspecified atom stereocenters. The van der Waals surface area contributed by atoms with E-state index in [2.05, 4.69) is 25.3 Å². The van der Waals surface area contributed by atoms with Gasteiger partial charge in [-0.05, 0) is 27.7 Å². The Morgan fingerprint density at radius 2 is 1.77 bits per heavy atom. The summed E-state index contributed by atoms with van der Waals surface area (Å²) in [6, 6.07) is 0. The minimum Gasteiger partial charge on any atom is -0.361 e. The van der Waals surface area contributed by atoms with Gasteiger partial charge in [0.05, 0.1) is 5.69 Å². The first kappa shape index (κ1) is 14.6. The highest BCUT2D eigenvalue weighted by Crippen LogP contribution is 2.30. The quantitative estimate of drug-likeness (QED) is 0.730. The van der Waals surface area contributed by atoms with E-state index in [9.17, 15) is 4.39 Å². The lowest BCUT2D eigenvalue weighted by Gasteiger charge is -2.03. The minimum atomic E-state index is -0.620. The Hall–Kier alpha value is -2.28. The van der Waals surface area contributed by atoms with Crippen LogP contribution in [-0.2, 0) is 0 Å².